The largest absolute Gasteiger partial charge is 0.454 e. The van der Waals surface area contributed by atoms with Gasteiger partial charge in [0.15, 0.2) is 0 Å². The van der Waals surface area contributed by atoms with Crippen molar-refractivity contribution in [3.63, 3.8) is 0 Å². The summed E-state index contributed by atoms with van der Waals surface area (Å²) in [6.07, 6.45) is -5.07. The fourth-order valence-corrected chi connectivity index (χ4v) is 1.17. The van der Waals surface area contributed by atoms with Gasteiger partial charge < -0.3 is 0 Å². The maximum atomic E-state index is 12.9. The lowest BCUT2D eigenvalue weighted by atomic mass is 10.1. The lowest BCUT2D eigenvalue weighted by molar-refractivity contribution is -0.0885. The molecule has 0 radical (unpaired) electrons. The van der Waals surface area contributed by atoms with E-state index in [0.717, 1.165) is 0 Å². The second-order valence-corrected chi connectivity index (χ2v) is 3.37. The van der Waals surface area contributed by atoms with E-state index in [1.54, 1.807) is 0 Å². The molecule has 1 aromatic carbocycles. The molecule has 0 aromatic heterocycles. The molecule has 0 aliphatic carbocycles. The molecule has 0 unspecified atom stereocenters. The minimum Gasteiger partial charge on any atom is -0.284 e. The summed E-state index contributed by atoms with van der Waals surface area (Å²) < 4.78 is 48.7. The van der Waals surface area contributed by atoms with Crippen molar-refractivity contribution in [2.45, 2.75) is 6.18 Å². The van der Waals surface area contributed by atoms with Gasteiger partial charge in [0.1, 0.15) is 5.82 Å². The summed E-state index contributed by atoms with van der Waals surface area (Å²) in [6, 6.07) is 1.06. The molecule has 15 heavy (non-hydrogen) atoms. The number of carbonyl (C=O) groups excluding carboxylic acids is 1. The minimum atomic E-state index is -5.07. The van der Waals surface area contributed by atoms with Gasteiger partial charge in [0.2, 0.25) is 0 Å². The van der Waals surface area contributed by atoms with Crippen LogP contribution in [-0.2, 0) is 0 Å². The van der Waals surface area contributed by atoms with Crippen LogP contribution >= 0.6 is 23.2 Å². The van der Waals surface area contributed by atoms with Gasteiger partial charge >= 0.3 is 6.18 Å². The van der Waals surface area contributed by atoms with E-state index >= 15 is 0 Å². The van der Waals surface area contributed by atoms with Crippen molar-refractivity contribution in [3.05, 3.63) is 33.6 Å². The lowest BCUT2D eigenvalue weighted by Crippen LogP contribution is -2.22. The molecule has 82 valence electrons. The normalized spacial score (nSPS) is 11.6. The Morgan fingerprint density at radius 2 is 1.73 bits per heavy atom. The van der Waals surface area contributed by atoms with Crippen LogP contribution in [0.25, 0.3) is 0 Å². The number of rotatable bonds is 1. The quantitative estimate of drug-likeness (QED) is 0.426. The van der Waals surface area contributed by atoms with Crippen LogP contribution < -0.4 is 0 Å². The highest BCUT2D eigenvalue weighted by Crippen LogP contribution is 2.29. The first kappa shape index (κ1) is 12.3. The Morgan fingerprint density at radius 1 is 1.20 bits per heavy atom. The molecule has 0 aliphatic heterocycles. The van der Waals surface area contributed by atoms with Crippen LogP contribution in [0.5, 0.6) is 0 Å². The van der Waals surface area contributed by atoms with Crippen molar-refractivity contribution in [2.75, 3.05) is 0 Å². The highest BCUT2D eigenvalue weighted by Gasteiger charge is 2.39. The maximum absolute atomic E-state index is 12.9. The Morgan fingerprint density at radius 3 is 2.13 bits per heavy atom. The predicted molar refractivity (Wildman–Crippen MR) is 46.8 cm³/mol. The molecule has 7 heteroatoms. The Labute approximate surface area is 91.6 Å². The molecular weight excluding hydrogens is 259 g/mol. The topological polar surface area (TPSA) is 17.1 Å². The highest BCUT2D eigenvalue weighted by molar-refractivity contribution is 6.42. The van der Waals surface area contributed by atoms with Gasteiger partial charge in [-0.15, -0.1) is 0 Å². The van der Waals surface area contributed by atoms with E-state index in [1.165, 1.54) is 0 Å². The first-order valence-electron chi connectivity index (χ1n) is 3.49. The van der Waals surface area contributed by atoms with E-state index in [4.69, 9.17) is 23.2 Å². The van der Waals surface area contributed by atoms with Crippen molar-refractivity contribution in [2.24, 2.45) is 0 Å². The number of alkyl halides is 3. The SMILES string of the molecule is O=C(c1cc(F)c(Cl)c(Cl)c1)C(F)(F)F. The van der Waals surface area contributed by atoms with Crippen LogP contribution in [0.1, 0.15) is 10.4 Å². The maximum Gasteiger partial charge on any atom is 0.454 e. The molecule has 0 bridgehead atoms. The van der Waals surface area contributed by atoms with Gasteiger partial charge in [0.05, 0.1) is 10.0 Å². The van der Waals surface area contributed by atoms with Crippen molar-refractivity contribution in [1.29, 1.82) is 0 Å². The molecule has 0 saturated carbocycles. The summed E-state index contributed by atoms with van der Waals surface area (Å²) in [4.78, 5) is 10.7. The van der Waals surface area contributed by atoms with Crippen molar-refractivity contribution in [3.8, 4) is 0 Å². The number of hydrogen-bond donors (Lipinski definition) is 0. The second kappa shape index (κ2) is 3.98. The summed E-state index contributed by atoms with van der Waals surface area (Å²) in [5.41, 5.74) is -0.880. The highest BCUT2D eigenvalue weighted by atomic mass is 35.5. The van der Waals surface area contributed by atoms with E-state index in [0.29, 0.717) is 12.1 Å². The third kappa shape index (κ3) is 2.60. The molecule has 0 fully saturated rings. The number of carbonyl (C=O) groups is 1. The zero-order valence-electron chi connectivity index (χ0n) is 6.83. The van der Waals surface area contributed by atoms with Gasteiger partial charge in [0.25, 0.3) is 5.78 Å². The summed E-state index contributed by atoms with van der Waals surface area (Å²) in [6.45, 7) is 0. The number of halogens is 6. The Kier molecular flexibility index (Phi) is 3.25. The lowest BCUT2D eigenvalue weighted by Gasteiger charge is -2.06. The number of Topliss-reactive ketones (excluding diaryl/α,β-unsaturated/α-hetero) is 1. The first-order chi connectivity index (χ1) is 6.73. The number of hydrogen-bond acceptors (Lipinski definition) is 1. The minimum absolute atomic E-state index is 0.393. The molecule has 0 spiro atoms. The van der Waals surface area contributed by atoms with Crippen molar-refractivity contribution in [1.82, 2.24) is 0 Å². The molecule has 1 aromatic rings. The van der Waals surface area contributed by atoms with Gasteiger partial charge in [0, 0.05) is 5.56 Å². The number of ketones is 1. The van der Waals surface area contributed by atoms with Gasteiger partial charge in [-0.3, -0.25) is 4.79 Å². The van der Waals surface area contributed by atoms with Crippen LogP contribution in [0.15, 0.2) is 12.1 Å². The van der Waals surface area contributed by atoms with Crippen LogP contribution in [0, 0.1) is 5.82 Å². The Bertz CT molecular complexity index is 391. The van der Waals surface area contributed by atoms with Crippen LogP contribution in [0.2, 0.25) is 10.0 Å². The third-order valence-corrected chi connectivity index (χ3v) is 2.28. The van der Waals surface area contributed by atoms with E-state index in [9.17, 15) is 22.4 Å². The Balaban J connectivity index is 3.24. The van der Waals surface area contributed by atoms with Gasteiger partial charge in [-0.25, -0.2) is 4.39 Å². The average molecular weight is 261 g/mol. The zero-order valence-corrected chi connectivity index (χ0v) is 8.34. The third-order valence-electron chi connectivity index (χ3n) is 1.50. The van der Waals surface area contributed by atoms with Crippen LogP contribution in [-0.4, -0.2) is 12.0 Å². The van der Waals surface area contributed by atoms with Crippen LogP contribution in [0.4, 0.5) is 17.6 Å². The van der Waals surface area contributed by atoms with Crippen molar-refractivity contribution >= 4 is 29.0 Å². The molecule has 0 N–H and O–H groups in total. The molecule has 1 rings (SSSR count). The predicted octanol–water partition coefficient (Wildman–Crippen LogP) is 3.88. The van der Waals surface area contributed by atoms with E-state index in [-0.39, 0.29) is 0 Å². The fourth-order valence-electron chi connectivity index (χ4n) is 0.850. The first-order valence-corrected chi connectivity index (χ1v) is 4.25. The molecule has 0 atom stereocenters. The summed E-state index contributed by atoms with van der Waals surface area (Å²) >= 11 is 10.6. The molecule has 0 aliphatic rings. The molecule has 0 amide bonds. The fraction of sp³-hybridized carbons (Fsp3) is 0.125. The van der Waals surface area contributed by atoms with E-state index < -0.39 is 33.4 Å². The standard InChI is InChI=1S/C8H2Cl2F4O/c9-4-1-3(2-5(11)6(4)10)7(15)8(12,13)14/h1-2H. The van der Waals surface area contributed by atoms with Crippen molar-refractivity contribution < 1.29 is 22.4 Å². The zero-order chi connectivity index (χ0) is 11.8. The van der Waals surface area contributed by atoms with Gasteiger partial charge in [-0.1, -0.05) is 23.2 Å². The van der Waals surface area contributed by atoms with E-state index in [1.807, 2.05) is 0 Å². The number of benzene rings is 1. The Hall–Kier alpha value is -0.810. The molecule has 0 saturated heterocycles. The average Bonchev–Trinajstić information content (AvgIpc) is 2.10. The summed E-state index contributed by atoms with van der Waals surface area (Å²) in [5.74, 6) is -3.34. The van der Waals surface area contributed by atoms with E-state index in [2.05, 4.69) is 0 Å². The van der Waals surface area contributed by atoms with Crippen LogP contribution in [0.3, 0.4) is 0 Å². The second-order valence-electron chi connectivity index (χ2n) is 2.58. The van der Waals surface area contributed by atoms with Gasteiger partial charge in [-0.05, 0) is 12.1 Å². The summed E-state index contributed by atoms with van der Waals surface area (Å²) in [5, 5.41) is -0.959. The van der Waals surface area contributed by atoms with Gasteiger partial charge in [-0.2, -0.15) is 13.2 Å². The smallest absolute Gasteiger partial charge is 0.284 e. The monoisotopic (exact) mass is 260 g/mol. The molecule has 0 heterocycles. The summed E-state index contributed by atoms with van der Waals surface area (Å²) in [7, 11) is 0. The molecule has 1 nitrogen and oxygen atoms in total. The molecular formula is C8H2Cl2F4O.